The summed E-state index contributed by atoms with van der Waals surface area (Å²) in [7, 11) is 0. The Kier molecular flexibility index (Phi) is 7.25. The maximum absolute atomic E-state index is 12.4. The zero-order valence-corrected chi connectivity index (χ0v) is 17.5. The molecule has 27 heavy (non-hydrogen) atoms. The molecule has 3 rings (SSSR count). The van der Waals surface area contributed by atoms with Crippen molar-refractivity contribution in [2.24, 2.45) is 0 Å². The number of benzene rings is 2. The van der Waals surface area contributed by atoms with Gasteiger partial charge in [-0.05, 0) is 41.3 Å². The number of hydrogen-bond acceptors (Lipinski definition) is 2. The molecule has 0 radical (unpaired) electrons. The summed E-state index contributed by atoms with van der Waals surface area (Å²) in [5.41, 5.74) is 3.80. The lowest BCUT2D eigenvalue weighted by molar-refractivity contribution is -0.127. The molecule has 0 N–H and O–H groups in total. The minimum absolute atomic E-state index is 0.0986. The van der Waals surface area contributed by atoms with E-state index < -0.39 is 0 Å². The molecule has 0 bridgehead atoms. The quantitative estimate of drug-likeness (QED) is 0.621. The van der Waals surface area contributed by atoms with Crippen LogP contribution in [-0.4, -0.2) is 41.9 Å². The SMILES string of the molecule is CCCc1ccc(CN2CCN(C(=O)/C=C/c3ccc(Br)cc3)CC2)cc1. The molecule has 1 fully saturated rings. The molecule has 4 heteroatoms. The minimum Gasteiger partial charge on any atom is -0.337 e. The lowest BCUT2D eigenvalue weighted by atomic mass is 10.1. The van der Waals surface area contributed by atoms with E-state index in [1.165, 1.54) is 17.5 Å². The highest BCUT2D eigenvalue weighted by molar-refractivity contribution is 9.10. The Labute approximate surface area is 170 Å². The third-order valence-corrected chi connectivity index (χ3v) is 5.47. The number of nitrogens with zero attached hydrogens (tertiary/aromatic N) is 2. The molecule has 3 nitrogen and oxygen atoms in total. The van der Waals surface area contributed by atoms with Gasteiger partial charge in [0.25, 0.3) is 0 Å². The van der Waals surface area contributed by atoms with Gasteiger partial charge in [-0.25, -0.2) is 0 Å². The second kappa shape index (κ2) is 9.86. The van der Waals surface area contributed by atoms with Gasteiger partial charge in [0.2, 0.25) is 5.91 Å². The molecule has 142 valence electrons. The van der Waals surface area contributed by atoms with Crippen LogP contribution in [0, 0.1) is 0 Å². The molecule has 0 unspecified atom stereocenters. The highest BCUT2D eigenvalue weighted by Gasteiger charge is 2.19. The van der Waals surface area contributed by atoms with Crippen LogP contribution in [0.4, 0.5) is 0 Å². The molecule has 2 aromatic rings. The molecule has 1 aliphatic rings. The largest absolute Gasteiger partial charge is 0.337 e. The summed E-state index contributed by atoms with van der Waals surface area (Å²) in [4.78, 5) is 16.8. The highest BCUT2D eigenvalue weighted by Crippen LogP contribution is 2.13. The smallest absolute Gasteiger partial charge is 0.246 e. The Morgan fingerprint density at radius 3 is 2.22 bits per heavy atom. The van der Waals surface area contributed by atoms with Crippen LogP contribution in [0.5, 0.6) is 0 Å². The minimum atomic E-state index is 0.0986. The number of aryl methyl sites for hydroxylation is 1. The maximum Gasteiger partial charge on any atom is 0.246 e. The van der Waals surface area contributed by atoms with Gasteiger partial charge in [-0.15, -0.1) is 0 Å². The molecule has 0 atom stereocenters. The molecule has 1 saturated heterocycles. The van der Waals surface area contributed by atoms with Gasteiger partial charge in [0, 0.05) is 43.3 Å². The Hall–Kier alpha value is -1.91. The number of carbonyl (C=O) groups excluding carboxylic acids is 1. The fourth-order valence-electron chi connectivity index (χ4n) is 3.33. The van der Waals surface area contributed by atoms with Crippen LogP contribution in [0.15, 0.2) is 59.1 Å². The fourth-order valence-corrected chi connectivity index (χ4v) is 3.60. The van der Waals surface area contributed by atoms with E-state index in [0.717, 1.165) is 49.2 Å². The van der Waals surface area contributed by atoms with E-state index in [2.05, 4.69) is 52.0 Å². The normalized spacial score (nSPS) is 15.4. The van der Waals surface area contributed by atoms with Crippen LogP contribution in [0.2, 0.25) is 0 Å². The topological polar surface area (TPSA) is 23.6 Å². The van der Waals surface area contributed by atoms with Crippen LogP contribution in [-0.2, 0) is 17.8 Å². The predicted molar refractivity (Wildman–Crippen MR) is 115 cm³/mol. The predicted octanol–water partition coefficient (Wildman–Crippen LogP) is 4.76. The fraction of sp³-hybridized carbons (Fsp3) is 0.348. The summed E-state index contributed by atoms with van der Waals surface area (Å²) in [6.45, 7) is 6.60. The second-order valence-corrected chi connectivity index (χ2v) is 7.97. The van der Waals surface area contributed by atoms with E-state index in [1.54, 1.807) is 6.08 Å². The van der Waals surface area contributed by atoms with Crippen molar-refractivity contribution >= 4 is 27.9 Å². The van der Waals surface area contributed by atoms with Crippen LogP contribution >= 0.6 is 15.9 Å². The number of piperazine rings is 1. The van der Waals surface area contributed by atoms with E-state index in [-0.39, 0.29) is 5.91 Å². The average molecular weight is 427 g/mol. The summed E-state index contributed by atoms with van der Waals surface area (Å²) in [6, 6.07) is 16.9. The van der Waals surface area contributed by atoms with Gasteiger partial charge in [0.05, 0.1) is 0 Å². The summed E-state index contributed by atoms with van der Waals surface area (Å²) in [6.07, 6.45) is 5.91. The molecule has 1 heterocycles. The van der Waals surface area contributed by atoms with Crippen molar-refractivity contribution in [3.8, 4) is 0 Å². The first-order valence-corrected chi connectivity index (χ1v) is 10.5. The molecule has 1 aliphatic heterocycles. The van der Waals surface area contributed by atoms with Gasteiger partial charge in [-0.3, -0.25) is 9.69 Å². The zero-order chi connectivity index (χ0) is 19.1. The molecule has 0 saturated carbocycles. The third-order valence-electron chi connectivity index (χ3n) is 4.94. The highest BCUT2D eigenvalue weighted by atomic mass is 79.9. The van der Waals surface area contributed by atoms with Crippen LogP contribution in [0.25, 0.3) is 6.08 Å². The molecule has 1 amide bonds. The van der Waals surface area contributed by atoms with Crippen LogP contribution in [0.3, 0.4) is 0 Å². The van der Waals surface area contributed by atoms with Crippen molar-refractivity contribution in [2.45, 2.75) is 26.3 Å². The molecule has 0 aliphatic carbocycles. The van der Waals surface area contributed by atoms with Crippen molar-refractivity contribution in [1.82, 2.24) is 9.80 Å². The Bertz CT molecular complexity index is 760. The molecular weight excluding hydrogens is 400 g/mol. The first kappa shape index (κ1) is 19.8. The average Bonchev–Trinajstić information content (AvgIpc) is 2.70. The standard InChI is InChI=1S/C23H27BrN2O/c1-2-3-19-4-6-21(7-5-19)18-25-14-16-26(17-15-25)23(27)13-10-20-8-11-22(24)12-9-20/h4-13H,2-3,14-18H2,1H3/b13-10+. The van der Waals surface area contributed by atoms with Crippen molar-refractivity contribution in [3.63, 3.8) is 0 Å². The first-order chi connectivity index (χ1) is 13.1. The van der Waals surface area contributed by atoms with Gasteiger partial charge in [0.15, 0.2) is 0 Å². The summed E-state index contributed by atoms with van der Waals surface area (Å²) in [5, 5.41) is 0. The lowest BCUT2D eigenvalue weighted by Gasteiger charge is -2.34. The summed E-state index contributed by atoms with van der Waals surface area (Å²) in [5.74, 6) is 0.0986. The Morgan fingerprint density at radius 2 is 1.59 bits per heavy atom. The Balaban J connectivity index is 1.46. The number of carbonyl (C=O) groups is 1. The second-order valence-electron chi connectivity index (χ2n) is 7.05. The first-order valence-electron chi connectivity index (χ1n) is 9.67. The van der Waals surface area contributed by atoms with Gasteiger partial charge < -0.3 is 4.90 Å². The van der Waals surface area contributed by atoms with E-state index in [4.69, 9.17) is 0 Å². The van der Waals surface area contributed by atoms with E-state index >= 15 is 0 Å². The monoisotopic (exact) mass is 426 g/mol. The van der Waals surface area contributed by atoms with Crippen molar-refractivity contribution in [2.75, 3.05) is 26.2 Å². The van der Waals surface area contributed by atoms with Gasteiger partial charge in [0.1, 0.15) is 0 Å². The van der Waals surface area contributed by atoms with Crippen molar-refractivity contribution < 1.29 is 4.79 Å². The van der Waals surface area contributed by atoms with Gasteiger partial charge >= 0.3 is 0 Å². The molecule has 0 aromatic heterocycles. The maximum atomic E-state index is 12.4. The molecular formula is C23H27BrN2O. The number of hydrogen-bond donors (Lipinski definition) is 0. The molecule has 2 aromatic carbocycles. The number of amides is 1. The van der Waals surface area contributed by atoms with Gasteiger partial charge in [-0.2, -0.15) is 0 Å². The zero-order valence-electron chi connectivity index (χ0n) is 15.9. The number of rotatable bonds is 6. The Morgan fingerprint density at radius 1 is 0.963 bits per heavy atom. The number of halogens is 1. The van der Waals surface area contributed by atoms with Gasteiger partial charge in [-0.1, -0.05) is 65.7 Å². The van der Waals surface area contributed by atoms with E-state index in [1.807, 2.05) is 35.2 Å². The van der Waals surface area contributed by atoms with E-state index in [9.17, 15) is 4.79 Å². The van der Waals surface area contributed by atoms with Crippen molar-refractivity contribution in [3.05, 3.63) is 75.8 Å². The summed E-state index contributed by atoms with van der Waals surface area (Å²) >= 11 is 3.42. The third kappa shape index (κ3) is 6.05. The molecule has 0 spiro atoms. The summed E-state index contributed by atoms with van der Waals surface area (Å²) < 4.78 is 1.04. The van der Waals surface area contributed by atoms with Crippen LogP contribution < -0.4 is 0 Å². The van der Waals surface area contributed by atoms with E-state index in [0.29, 0.717) is 0 Å². The lowest BCUT2D eigenvalue weighted by Crippen LogP contribution is -2.47. The van der Waals surface area contributed by atoms with Crippen LogP contribution in [0.1, 0.15) is 30.0 Å². The van der Waals surface area contributed by atoms with Crippen molar-refractivity contribution in [1.29, 1.82) is 0 Å².